The van der Waals surface area contributed by atoms with Crippen molar-refractivity contribution in [2.45, 2.75) is 6.92 Å². The molecule has 1 heterocycles. The quantitative estimate of drug-likeness (QED) is 0.426. The van der Waals surface area contributed by atoms with Crippen LogP contribution in [0.25, 0.3) is 17.1 Å². The van der Waals surface area contributed by atoms with Gasteiger partial charge in [-0.1, -0.05) is 41.4 Å². The Bertz CT molecular complexity index is 1240. The molecular weight excluding hydrogens is 426 g/mol. The lowest BCUT2D eigenvalue weighted by Crippen LogP contribution is -2.14. The van der Waals surface area contributed by atoms with Crippen molar-refractivity contribution in [3.05, 3.63) is 94.0 Å². The number of carbonyl (C=O) groups excluding carboxylic acids is 1. The molecule has 0 aliphatic rings. The lowest BCUT2D eigenvalue weighted by molar-refractivity contribution is 0.101. The molecule has 30 heavy (non-hydrogen) atoms. The van der Waals surface area contributed by atoms with Gasteiger partial charge in [0.15, 0.2) is 5.82 Å². The largest absolute Gasteiger partial charge is 0.319 e. The van der Waals surface area contributed by atoms with Gasteiger partial charge in [0.05, 0.1) is 5.69 Å². The van der Waals surface area contributed by atoms with Crippen LogP contribution in [-0.2, 0) is 0 Å². The molecule has 0 saturated carbocycles. The topological polar surface area (TPSA) is 59.8 Å². The van der Waals surface area contributed by atoms with Gasteiger partial charge in [-0.05, 0) is 61.0 Å². The van der Waals surface area contributed by atoms with E-state index in [0.29, 0.717) is 32.8 Å². The highest BCUT2D eigenvalue weighted by molar-refractivity contribution is 6.31. The molecule has 4 aromatic rings. The third-order valence-corrected chi connectivity index (χ3v) is 5.04. The second-order valence-electron chi connectivity index (χ2n) is 6.58. The summed E-state index contributed by atoms with van der Waals surface area (Å²) < 4.78 is 14.9. The second kappa shape index (κ2) is 8.26. The van der Waals surface area contributed by atoms with E-state index in [1.165, 1.54) is 16.8 Å². The van der Waals surface area contributed by atoms with Gasteiger partial charge in [0, 0.05) is 21.3 Å². The van der Waals surface area contributed by atoms with E-state index in [2.05, 4.69) is 15.4 Å². The summed E-state index contributed by atoms with van der Waals surface area (Å²) in [6.45, 7) is 1.87. The Kier molecular flexibility index (Phi) is 5.53. The summed E-state index contributed by atoms with van der Waals surface area (Å²) in [5.41, 5.74) is 2.64. The van der Waals surface area contributed by atoms with Gasteiger partial charge in [-0.3, -0.25) is 4.79 Å². The zero-order valence-corrected chi connectivity index (χ0v) is 17.2. The van der Waals surface area contributed by atoms with E-state index in [1.54, 1.807) is 54.6 Å². The van der Waals surface area contributed by atoms with E-state index in [1.807, 2.05) is 6.92 Å². The first-order valence-corrected chi connectivity index (χ1v) is 9.73. The number of amides is 1. The number of benzene rings is 3. The van der Waals surface area contributed by atoms with Crippen LogP contribution in [0.15, 0.2) is 66.7 Å². The van der Waals surface area contributed by atoms with Crippen molar-refractivity contribution in [1.82, 2.24) is 14.8 Å². The maximum atomic E-state index is 13.4. The Morgan fingerprint density at radius 2 is 1.80 bits per heavy atom. The number of anilines is 1. The first-order chi connectivity index (χ1) is 14.4. The fourth-order valence-corrected chi connectivity index (χ4v) is 3.21. The third-order valence-electron chi connectivity index (χ3n) is 4.39. The Balaban J connectivity index is 1.75. The van der Waals surface area contributed by atoms with Gasteiger partial charge in [0.1, 0.15) is 5.82 Å². The maximum absolute atomic E-state index is 13.4. The highest BCUT2D eigenvalue weighted by Crippen LogP contribution is 2.25. The SMILES string of the molecule is Cc1ccc(NC(=O)c2nc(-c3cccc(Cl)c3)n(-c3ccc(F)cc3)n2)cc1Cl. The Hall–Kier alpha value is -3.22. The average Bonchev–Trinajstić information content (AvgIpc) is 3.17. The predicted molar refractivity (Wildman–Crippen MR) is 116 cm³/mol. The number of nitrogens with zero attached hydrogens (tertiary/aromatic N) is 3. The summed E-state index contributed by atoms with van der Waals surface area (Å²) in [7, 11) is 0. The fraction of sp³-hybridized carbons (Fsp3) is 0.0455. The van der Waals surface area contributed by atoms with E-state index < -0.39 is 5.91 Å². The number of nitrogens with one attached hydrogen (secondary N) is 1. The van der Waals surface area contributed by atoms with Crippen molar-refractivity contribution in [2.75, 3.05) is 5.32 Å². The first-order valence-electron chi connectivity index (χ1n) is 8.97. The van der Waals surface area contributed by atoms with Crippen LogP contribution in [0.4, 0.5) is 10.1 Å². The number of hydrogen-bond donors (Lipinski definition) is 1. The molecule has 3 aromatic carbocycles. The van der Waals surface area contributed by atoms with Gasteiger partial charge in [0.25, 0.3) is 5.91 Å². The number of aromatic nitrogens is 3. The third kappa shape index (κ3) is 4.20. The molecule has 4 rings (SSSR count). The molecular formula is C22H15Cl2FN4O. The number of hydrogen-bond acceptors (Lipinski definition) is 3. The van der Waals surface area contributed by atoms with Crippen molar-refractivity contribution >= 4 is 34.8 Å². The fourth-order valence-electron chi connectivity index (χ4n) is 2.84. The van der Waals surface area contributed by atoms with Gasteiger partial charge in [0.2, 0.25) is 5.82 Å². The number of carbonyl (C=O) groups is 1. The van der Waals surface area contributed by atoms with Crippen LogP contribution in [0.2, 0.25) is 10.0 Å². The normalized spacial score (nSPS) is 10.8. The van der Waals surface area contributed by atoms with Crippen molar-refractivity contribution in [3.8, 4) is 17.1 Å². The molecule has 150 valence electrons. The number of halogens is 3. The summed E-state index contributed by atoms with van der Waals surface area (Å²) in [5.74, 6) is -0.529. The van der Waals surface area contributed by atoms with E-state index in [9.17, 15) is 9.18 Å². The second-order valence-corrected chi connectivity index (χ2v) is 7.42. The average molecular weight is 441 g/mol. The Morgan fingerprint density at radius 1 is 1.03 bits per heavy atom. The van der Waals surface area contributed by atoms with Crippen LogP contribution in [0.3, 0.4) is 0 Å². The lowest BCUT2D eigenvalue weighted by atomic mass is 10.2. The molecule has 0 radical (unpaired) electrons. The maximum Gasteiger partial charge on any atom is 0.295 e. The van der Waals surface area contributed by atoms with Crippen LogP contribution >= 0.6 is 23.2 Å². The minimum atomic E-state index is -0.501. The molecule has 1 N–H and O–H groups in total. The molecule has 0 unspecified atom stereocenters. The predicted octanol–water partition coefficient (Wildman–Crippen LogP) is 5.94. The van der Waals surface area contributed by atoms with Crippen LogP contribution in [0.1, 0.15) is 16.2 Å². The Morgan fingerprint density at radius 3 is 2.50 bits per heavy atom. The van der Waals surface area contributed by atoms with Gasteiger partial charge in [-0.15, -0.1) is 5.10 Å². The standard InChI is InChI=1S/C22H15Cl2FN4O/c1-13-5-8-17(12-19(13)24)26-22(30)20-27-21(14-3-2-4-15(23)11-14)29(28-20)18-9-6-16(25)7-10-18/h2-12H,1H3,(H,26,30). The summed E-state index contributed by atoms with van der Waals surface area (Å²) in [6, 6.07) is 18.0. The van der Waals surface area contributed by atoms with Crippen LogP contribution in [-0.4, -0.2) is 20.7 Å². The molecule has 0 bridgehead atoms. The van der Waals surface area contributed by atoms with Gasteiger partial charge >= 0.3 is 0 Å². The first kappa shape index (κ1) is 20.1. The minimum Gasteiger partial charge on any atom is -0.319 e. The van der Waals surface area contributed by atoms with Crippen molar-refractivity contribution in [3.63, 3.8) is 0 Å². The van der Waals surface area contributed by atoms with Gasteiger partial charge in [-0.25, -0.2) is 14.1 Å². The molecule has 0 aliphatic carbocycles. The minimum absolute atomic E-state index is 0.0500. The Labute approximate surface area is 182 Å². The molecule has 0 atom stereocenters. The van der Waals surface area contributed by atoms with E-state index in [-0.39, 0.29) is 11.6 Å². The van der Waals surface area contributed by atoms with Crippen molar-refractivity contribution < 1.29 is 9.18 Å². The van der Waals surface area contributed by atoms with Crippen molar-refractivity contribution in [1.29, 1.82) is 0 Å². The molecule has 0 fully saturated rings. The molecule has 1 aromatic heterocycles. The molecule has 5 nitrogen and oxygen atoms in total. The van der Waals surface area contributed by atoms with Crippen molar-refractivity contribution in [2.24, 2.45) is 0 Å². The van der Waals surface area contributed by atoms with E-state index in [4.69, 9.17) is 23.2 Å². The lowest BCUT2D eigenvalue weighted by Gasteiger charge is -2.06. The smallest absolute Gasteiger partial charge is 0.295 e. The summed E-state index contributed by atoms with van der Waals surface area (Å²) >= 11 is 12.2. The monoisotopic (exact) mass is 440 g/mol. The number of rotatable bonds is 4. The van der Waals surface area contributed by atoms with Crippen LogP contribution in [0.5, 0.6) is 0 Å². The van der Waals surface area contributed by atoms with Crippen LogP contribution < -0.4 is 5.32 Å². The zero-order chi connectivity index (χ0) is 21.3. The summed E-state index contributed by atoms with van der Waals surface area (Å²) in [6.07, 6.45) is 0. The molecule has 0 spiro atoms. The highest BCUT2D eigenvalue weighted by atomic mass is 35.5. The van der Waals surface area contributed by atoms with Gasteiger partial charge in [-0.2, -0.15) is 0 Å². The number of aryl methyl sites for hydroxylation is 1. The molecule has 8 heteroatoms. The zero-order valence-electron chi connectivity index (χ0n) is 15.7. The van der Waals surface area contributed by atoms with E-state index >= 15 is 0 Å². The molecule has 1 amide bonds. The summed E-state index contributed by atoms with van der Waals surface area (Å²) in [5, 5.41) is 8.14. The van der Waals surface area contributed by atoms with Crippen LogP contribution in [0, 0.1) is 12.7 Å². The van der Waals surface area contributed by atoms with E-state index in [0.717, 1.165) is 5.56 Å². The highest BCUT2D eigenvalue weighted by Gasteiger charge is 2.19. The molecule has 0 aliphatic heterocycles. The van der Waals surface area contributed by atoms with Gasteiger partial charge < -0.3 is 5.32 Å². The molecule has 0 saturated heterocycles. The summed E-state index contributed by atoms with van der Waals surface area (Å²) in [4.78, 5) is 17.2.